The normalized spacial score (nSPS) is 15.7. The zero-order chi connectivity index (χ0) is 24.4. The number of thioether (sulfide) groups is 1. The predicted molar refractivity (Wildman–Crippen MR) is 116 cm³/mol. The Morgan fingerprint density at radius 1 is 1.18 bits per heavy atom. The van der Waals surface area contributed by atoms with Gasteiger partial charge in [0.25, 0.3) is 5.91 Å². The number of carbonyl (C=O) groups is 3. The number of rotatable bonds is 6. The number of halogens is 3. The Labute approximate surface area is 192 Å². The molecule has 0 saturated carbocycles. The van der Waals surface area contributed by atoms with Crippen LogP contribution in [0.4, 0.5) is 34.3 Å². The molecular weight excluding hydrogens is 461 g/mol. The first kappa shape index (κ1) is 24.4. The fraction of sp³-hybridized carbons (Fsp3) is 0.333. The molecule has 176 valence electrons. The molecule has 1 saturated heterocycles. The number of ether oxygens (including phenoxy) is 1. The second-order valence-electron chi connectivity index (χ2n) is 7.50. The number of alkyl halides is 3. The fourth-order valence-corrected chi connectivity index (χ4v) is 3.76. The average Bonchev–Trinajstić information content (AvgIpc) is 2.88. The lowest BCUT2D eigenvalue weighted by atomic mass is 10.0. The van der Waals surface area contributed by atoms with Gasteiger partial charge in [0.15, 0.2) is 0 Å². The summed E-state index contributed by atoms with van der Waals surface area (Å²) >= 11 is -0.279. The molecule has 4 amide bonds. The summed E-state index contributed by atoms with van der Waals surface area (Å²) in [5.41, 5.74) is -4.88. The Morgan fingerprint density at radius 2 is 1.85 bits per heavy atom. The van der Waals surface area contributed by atoms with Crippen molar-refractivity contribution in [1.29, 1.82) is 0 Å². The molecule has 0 atom stereocenters. The van der Waals surface area contributed by atoms with Gasteiger partial charge in [0.05, 0.1) is 12.3 Å². The van der Waals surface area contributed by atoms with Crippen LogP contribution in [0.25, 0.3) is 0 Å². The lowest BCUT2D eigenvalue weighted by Gasteiger charge is -2.27. The van der Waals surface area contributed by atoms with Crippen LogP contribution < -0.4 is 10.2 Å². The van der Waals surface area contributed by atoms with Crippen molar-refractivity contribution in [1.82, 2.24) is 9.88 Å². The topological polar surface area (TPSA) is 91.8 Å². The Kier molecular flexibility index (Phi) is 6.86. The second-order valence-corrected chi connectivity index (χ2v) is 8.64. The summed E-state index contributed by atoms with van der Waals surface area (Å²) in [7, 11) is 0. The maximum Gasteiger partial charge on any atom is 0.446 e. The van der Waals surface area contributed by atoms with Gasteiger partial charge < -0.3 is 9.64 Å². The van der Waals surface area contributed by atoms with Gasteiger partial charge in [-0.1, -0.05) is 0 Å². The molecule has 0 aliphatic carbocycles. The van der Waals surface area contributed by atoms with E-state index in [9.17, 15) is 27.6 Å². The standard InChI is InChI=1S/C21H21F3N4O4S/c1-4-32-18(30)26-16-11-13(9-10-25-16)12-27-19(31)28(17(29)20(27,2)3)14-5-7-15(8-6-14)33-21(22,23)24/h5-11H,4,12H2,1-3H3,(H,25,26,30). The molecule has 1 aromatic heterocycles. The van der Waals surface area contributed by atoms with Crippen molar-refractivity contribution >= 4 is 41.3 Å². The van der Waals surface area contributed by atoms with E-state index < -0.39 is 29.1 Å². The second kappa shape index (κ2) is 9.30. The summed E-state index contributed by atoms with van der Waals surface area (Å²) < 4.78 is 42.5. The van der Waals surface area contributed by atoms with Crippen LogP contribution in [0, 0.1) is 0 Å². The quantitative estimate of drug-likeness (QED) is 0.460. The van der Waals surface area contributed by atoms with Gasteiger partial charge in [-0.25, -0.2) is 19.5 Å². The zero-order valence-electron chi connectivity index (χ0n) is 18.0. The van der Waals surface area contributed by atoms with E-state index in [4.69, 9.17) is 4.74 Å². The van der Waals surface area contributed by atoms with Gasteiger partial charge in [-0.05, 0) is 74.5 Å². The van der Waals surface area contributed by atoms with E-state index in [0.29, 0.717) is 5.56 Å². The van der Waals surface area contributed by atoms with Crippen molar-refractivity contribution in [2.24, 2.45) is 0 Å². The molecule has 1 aliphatic rings. The van der Waals surface area contributed by atoms with Crippen LogP contribution in [-0.4, -0.2) is 45.6 Å². The number of urea groups is 1. The SMILES string of the molecule is CCOC(=O)Nc1cc(CN2C(=O)N(c3ccc(SC(F)(F)F)cc3)C(=O)C2(C)C)ccn1. The maximum absolute atomic E-state index is 13.1. The number of aromatic nitrogens is 1. The van der Waals surface area contributed by atoms with Gasteiger partial charge >= 0.3 is 17.6 Å². The molecule has 1 N–H and O–H groups in total. The van der Waals surface area contributed by atoms with E-state index in [0.717, 1.165) is 4.90 Å². The molecule has 1 aliphatic heterocycles. The molecule has 2 aromatic rings. The molecule has 33 heavy (non-hydrogen) atoms. The summed E-state index contributed by atoms with van der Waals surface area (Å²) in [6, 6.07) is 7.60. The van der Waals surface area contributed by atoms with E-state index in [1.165, 1.54) is 35.4 Å². The average molecular weight is 482 g/mol. The van der Waals surface area contributed by atoms with E-state index in [1.807, 2.05) is 0 Å². The minimum atomic E-state index is -4.44. The minimum absolute atomic E-state index is 0.0378. The maximum atomic E-state index is 13.1. The molecule has 0 radical (unpaired) electrons. The van der Waals surface area contributed by atoms with Gasteiger partial charge in [-0.15, -0.1) is 0 Å². The number of amides is 4. The highest BCUT2D eigenvalue weighted by Crippen LogP contribution is 2.38. The van der Waals surface area contributed by atoms with Gasteiger partial charge in [0.1, 0.15) is 11.4 Å². The number of nitrogens with zero attached hydrogens (tertiary/aromatic N) is 3. The van der Waals surface area contributed by atoms with E-state index in [1.54, 1.807) is 32.9 Å². The van der Waals surface area contributed by atoms with Crippen molar-refractivity contribution < 1.29 is 32.3 Å². The zero-order valence-corrected chi connectivity index (χ0v) is 18.8. The molecule has 2 heterocycles. The van der Waals surface area contributed by atoms with Crippen LogP contribution >= 0.6 is 11.8 Å². The number of pyridine rings is 1. The van der Waals surface area contributed by atoms with Crippen LogP contribution in [0.15, 0.2) is 47.5 Å². The highest BCUT2D eigenvalue weighted by Gasteiger charge is 2.51. The number of anilines is 2. The van der Waals surface area contributed by atoms with Crippen molar-refractivity contribution in [3.8, 4) is 0 Å². The number of hydrogen-bond acceptors (Lipinski definition) is 6. The summed E-state index contributed by atoms with van der Waals surface area (Å²) in [4.78, 5) is 44.0. The highest BCUT2D eigenvalue weighted by molar-refractivity contribution is 8.00. The fourth-order valence-electron chi connectivity index (χ4n) is 3.22. The molecule has 1 aromatic carbocycles. The Balaban J connectivity index is 1.80. The predicted octanol–water partition coefficient (Wildman–Crippen LogP) is 5.01. The molecule has 0 unspecified atom stereocenters. The third-order valence-corrected chi connectivity index (χ3v) is 5.56. The number of benzene rings is 1. The number of carbonyl (C=O) groups excluding carboxylic acids is 3. The largest absolute Gasteiger partial charge is 0.450 e. The lowest BCUT2D eigenvalue weighted by molar-refractivity contribution is -0.123. The van der Waals surface area contributed by atoms with Crippen LogP contribution in [0.1, 0.15) is 26.3 Å². The van der Waals surface area contributed by atoms with Crippen LogP contribution in [0.5, 0.6) is 0 Å². The van der Waals surface area contributed by atoms with Crippen LogP contribution in [0.2, 0.25) is 0 Å². The Bertz CT molecular complexity index is 1060. The Hall–Kier alpha value is -3.28. The summed E-state index contributed by atoms with van der Waals surface area (Å²) in [5, 5.41) is 2.47. The summed E-state index contributed by atoms with van der Waals surface area (Å²) in [6.07, 6.45) is 0.773. The lowest BCUT2D eigenvalue weighted by Crippen LogP contribution is -2.43. The van der Waals surface area contributed by atoms with Crippen LogP contribution in [-0.2, 0) is 16.1 Å². The van der Waals surface area contributed by atoms with Gasteiger partial charge in [-0.3, -0.25) is 10.1 Å². The number of nitrogens with one attached hydrogen (secondary N) is 1. The summed E-state index contributed by atoms with van der Waals surface area (Å²) in [6.45, 7) is 5.06. The van der Waals surface area contributed by atoms with E-state index in [2.05, 4.69) is 10.3 Å². The smallest absolute Gasteiger partial charge is 0.446 e. The van der Waals surface area contributed by atoms with Gasteiger partial charge in [-0.2, -0.15) is 13.2 Å². The third-order valence-electron chi connectivity index (χ3n) is 4.82. The minimum Gasteiger partial charge on any atom is -0.450 e. The molecule has 8 nitrogen and oxygen atoms in total. The number of hydrogen-bond donors (Lipinski definition) is 1. The van der Waals surface area contributed by atoms with Gasteiger partial charge in [0, 0.05) is 17.6 Å². The van der Waals surface area contributed by atoms with Crippen molar-refractivity contribution in [2.75, 3.05) is 16.8 Å². The first-order valence-corrected chi connectivity index (χ1v) is 10.6. The van der Waals surface area contributed by atoms with Crippen LogP contribution in [0.3, 0.4) is 0 Å². The molecule has 3 rings (SSSR count). The van der Waals surface area contributed by atoms with E-state index in [-0.39, 0.29) is 41.3 Å². The molecule has 1 fully saturated rings. The van der Waals surface area contributed by atoms with Crippen molar-refractivity contribution in [2.45, 2.75) is 43.3 Å². The summed E-state index contributed by atoms with van der Waals surface area (Å²) in [5.74, 6) is -0.293. The molecule has 12 heteroatoms. The number of imide groups is 1. The van der Waals surface area contributed by atoms with Crippen molar-refractivity contribution in [3.63, 3.8) is 0 Å². The monoisotopic (exact) mass is 482 g/mol. The third kappa shape index (κ3) is 5.56. The molecule has 0 bridgehead atoms. The first-order chi connectivity index (χ1) is 15.4. The molecule has 0 spiro atoms. The van der Waals surface area contributed by atoms with Crippen molar-refractivity contribution in [3.05, 3.63) is 48.2 Å². The van der Waals surface area contributed by atoms with Gasteiger partial charge in [0.2, 0.25) is 0 Å². The first-order valence-electron chi connectivity index (χ1n) is 9.83. The molecular formula is C21H21F3N4O4S. The Morgan fingerprint density at radius 3 is 2.45 bits per heavy atom. The van der Waals surface area contributed by atoms with E-state index >= 15 is 0 Å². The highest BCUT2D eigenvalue weighted by atomic mass is 32.2.